The molecule has 0 aliphatic carbocycles. The van der Waals surface area contributed by atoms with Crippen molar-refractivity contribution in [2.75, 3.05) is 25.3 Å². The maximum absolute atomic E-state index is 13.0. The van der Waals surface area contributed by atoms with Crippen molar-refractivity contribution in [3.63, 3.8) is 0 Å². The van der Waals surface area contributed by atoms with Crippen LogP contribution >= 0.6 is 11.8 Å². The number of fused-ring (bicyclic) bond motifs is 1. The third-order valence-electron chi connectivity index (χ3n) is 5.32. The summed E-state index contributed by atoms with van der Waals surface area (Å²) in [6.45, 7) is 0. The molecule has 35 heavy (non-hydrogen) atoms. The lowest BCUT2D eigenvalue weighted by molar-refractivity contribution is -0.113. The zero-order valence-corrected chi connectivity index (χ0v) is 20.4. The molecule has 0 saturated carbocycles. The maximum Gasteiger partial charge on any atom is 0.332 e. The highest BCUT2D eigenvalue weighted by molar-refractivity contribution is 8.00. The normalized spacial score (nSPS) is 10.9. The number of anilines is 1. The molecule has 2 aromatic carbocycles. The fraction of sp³-hybridized carbons (Fsp3) is 0.208. The van der Waals surface area contributed by atoms with Crippen LogP contribution in [-0.2, 0) is 18.9 Å². The molecule has 1 N–H and O–H groups in total. The summed E-state index contributed by atoms with van der Waals surface area (Å²) in [7, 11) is 5.97. The van der Waals surface area contributed by atoms with Crippen molar-refractivity contribution in [3.8, 4) is 22.9 Å². The van der Waals surface area contributed by atoms with Gasteiger partial charge in [-0.3, -0.25) is 18.7 Å². The summed E-state index contributed by atoms with van der Waals surface area (Å²) in [5.74, 6) is 1.00. The highest BCUT2D eigenvalue weighted by Gasteiger charge is 2.19. The molecular weight excluding hydrogens is 470 g/mol. The minimum Gasteiger partial charge on any atom is -0.497 e. The van der Waals surface area contributed by atoms with E-state index in [1.165, 1.54) is 25.8 Å². The Morgan fingerprint density at radius 3 is 2.43 bits per heavy atom. The number of hydrogen-bond acceptors (Lipinski definition) is 8. The van der Waals surface area contributed by atoms with Crippen LogP contribution in [0.25, 0.3) is 22.4 Å². The molecule has 0 aliphatic heterocycles. The minimum absolute atomic E-state index is 0.0489. The van der Waals surface area contributed by atoms with Crippen LogP contribution in [0.5, 0.6) is 11.5 Å². The van der Waals surface area contributed by atoms with E-state index in [1.54, 1.807) is 25.2 Å². The van der Waals surface area contributed by atoms with Crippen LogP contribution in [0.4, 0.5) is 5.69 Å². The molecule has 0 radical (unpaired) electrons. The molecule has 2 heterocycles. The van der Waals surface area contributed by atoms with E-state index in [0.717, 1.165) is 21.9 Å². The molecule has 0 saturated heterocycles. The number of nitrogens with one attached hydrogen (secondary N) is 1. The summed E-state index contributed by atoms with van der Waals surface area (Å²) in [4.78, 5) is 47.4. The van der Waals surface area contributed by atoms with Gasteiger partial charge in [-0.2, -0.15) is 0 Å². The first-order valence-electron chi connectivity index (χ1n) is 10.5. The highest BCUT2D eigenvalue weighted by atomic mass is 32.2. The second-order valence-electron chi connectivity index (χ2n) is 7.53. The number of ether oxygens (including phenoxy) is 2. The summed E-state index contributed by atoms with van der Waals surface area (Å²) in [6.07, 6.45) is 0. The van der Waals surface area contributed by atoms with Crippen LogP contribution in [-0.4, -0.2) is 45.0 Å². The van der Waals surface area contributed by atoms with Gasteiger partial charge in [-0.25, -0.2) is 14.8 Å². The molecule has 1 amide bonds. The first-order valence-corrected chi connectivity index (χ1v) is 11.5. The highest BCUT2D eigenvalue weighted by Crippen LogP contribution is 2.30. The maximum atomic E-state index is 13.0. The van der Waals surface area contributed by atoms with E-state index in [9.17, 15) is 14.4 Å². The van der Waals surface area contributed by atoms with E-state index >= 15 is 0 Å². The number of nitrogens with zero attached hydrogens (tertiary/aromatic N) is 4. The molecule has 0 aliphatic rings. The molecule has 10 nitrogen and oxygen atoms in total. The van der Waals surface area contributed by atoms with E-state index in [2.05, 4.69) is 15.3 Å². The Morgan fingerprint density at radius 1 is 1.00 bits per heavy atom. The number of amides is 1. The number of methoxy groups -OCH3 is 2. The number of aryl methyl sites for hydroxylation is 1. The Balaban J connectivity index is 1.73. The molecule has 0 spiro atoms. The summed E-state index contributed by atoms with van der Waals surface area (Å²) in [5.41, 5.74) is 0.340. The van der Waals surface area contributed by atoms with Gasteiger partial charge in [0.1, 0.15) is 21.9 Å². The SMILES string of the molecule is COc1ccc(OC)c(NC(=O)CSc2nc(-c3ccccc3)nc3c2c(=O)n(C)c(=O)n3C)c1. The molecule has 11 heteroatoms. The zero-order valence-electron chi connectivity index (χ0n) is 19.6. The number of carbonyl (C=O) groups is 1. The van der Waals surface area contributed by atoms with Crippen molar-refractivity contribution in [2.45, 2.75) is 5.03 Å². The summed E-state index contributed by atoms with van der Waals surface area (Å²) < 4.78 is 12.8. The van der Waals surface area contributed by atoms with Gasteiger partial charge in [0.25, 0.3) is 5.56 Å². The third-order valence-corrected chi connectivity index (χ3v) is 6.29. The Kier molecular flexibility index (Phi) is 6.87. The lowest BCUT2D eigenvalue weighted by Crippen LogP contribution is -2.37. The summed E-state index contributed by atoms with van der Waals surface area (Å²) >= 11 is 1.08. The smallest absolute Gasteiger partial charge is 0.332 e. The van der Waals surface area contributed by atoms with Gasteiger partial charge in [0.2, 0.25) is 5.91 Å². The van der Waals surface area contributed by atoms with E-state index in [-0.39, 0.29) is 22.7 Å². The van der Waals surface area contributed by atoms with Gasteiger partial charge in [0.05, 0.1) is 25.7 Å². The Hall–Kier alpha value is -4.12. The number of thioether (sulfide) groups is 1. The number of hydrogen-bond donors (Lipinski definition) is 1. The topological polar surface area (TPSA) is 117 Å². The van der Waals surface area contributed by atoms with E-state index in [1.807, 2.05) is 30.3 Å². The van der Waals surface area contributed by atoms with E-state index < -0.39 is 11.2 Å². The fourth-order valence-corrected chi connectivity index (χ4v) is 4.30. The van der Waals surface area contributed by atoms with Gasteiger partial charge < -0.3 is 14.8 Å². The summed E-state index contributed by atoms with van der Waals surface area (Å²) in [5, 5.41) is 3.28. The second kappa shape index (κ2) is 10.0. The molecule has 0 unspecified atom stereocenters. The van der Waals surface area contributed by atoms with Crippen LogP contribution < -0.4 is 26.0 Å². The van der Waals surface area contributed by atoms with Crippen molar-refractivity contribution in [1.82, 2.24) is 19.1 Å². The van der Waals surface area contributed by atoms with Crippen LogP contribution in [0.2, 0.25) is 0 Å². The second-order valence-corrected chi connectivity index (χ2v) is 8.49. The largest absolute Gasteiger partial charge is 0.497 e. The van der Waals surface area contributed by atoms with Gasteiger partial charge >= 0.3 is 5.69 Å². The van der Waals surface area contributed by atoms with E-state index in [0.29, 0.717) is 28.0 Å². The lowest BCUT2D eigenvalue weighted by Gasteiger charge is -2.13. The van der Waals surface area contributed by atoms with Gasteiger partial charge in [-0.15, -0.1) is 0 Å². The van der Waals surface area contributed by atoms with Crippen molar-refractivity contribution in [2.24, 2.45) is 14.1 Å². The molecule has 0 fully saturated rings. The fourth-order valence-electron chi connectivity index (χ4n) is 3.48. The molecule has 4 rings (SSSR count). The minimum atomic E-state index is -0.528. The quantitative estimate of drug-likeness (QED) is 0.308. The molecule has 0 atom stereocenters. The van der Waals surface area contributed by atoms with Crippen LogP contribution in [0, 0.1) is 0 Å². The van der Waals surface area contributed by atoms with Crippen LogP contribution in [0.1, 0.15) is 0 Å². The van der Waals surface area contributed by atoms with E-state index in [4.69, 9.17) is 9.47 Å². The van der Waals surface area contributed by atoms with Gasteiger partial charge in [0, 0.05) is 25.7 Å². The number of carbonyl (C=O) groups excluding carboxylic acids is 1. The Bertz CT molecular complexity index is 1530. The Labute approximate surface area is 204 Å². The first kappa shape index (κ1) is 24.0. The molecule has 0 bridgehead atoms. The number of rotatable bonds is 7. The molecule has 2 aromatic heterocycles. The average molecular weight is 494 g/mol. The predicted octanol–water partition coefficient (Wildman–Crippen LogP) is 2.44. The first-order chi connectivity index (χ1) is 16.8. The average Bonchev–Trinajstić information content (AvgIpc) is 2.89. The Morgan fingerprint density at radius 2 is 1.74 bits per heavy atom. The third kappa shape index (κ3) is 4.76. The van der Waals surface area contributed by atoms with Gasteiger partial charge in [0.15, 0.2) is 11.5 Å². The zero-order chi connectivity index (χ0) is 25.1. The summed E-state index contributed by atoms with van der Waals surface area (Å²) in [6, 6.07) is 14.3. The molecule has 4 aromatic rings. The van der Waals surface area contributed by atoms with Gasteiger partial charge in [-0.05, 0) is 12.1 Å². The van der Waals surface area contributed by atoms with Crippen molar-refractivity contribution >= 4 is 34.4 Å². The molecular formula is C24H23N5O5S. The van der Waals surface area contributed by atoms with Crippen molar-refractivity contribution in [1.29, 1.82) is 0 Å². The molecule has 180 valence electrons. The number of benzene rings is 2. The van der Waals surface area contributed by atoms with Crippen molar-refractivity contribution in [3.05, 3.63) is 69.4 Å². The van der Waals surface area contributed by atoms with Crippen LogP contribution in [0.3, 0.4) is 0 Å². The predicted molar refractivity (Wildman–Crippen MR) is 134 cm³/mol. The van der Waals surface area contributed by atoms with Gasteiger partial charge in [-0.1, -0.05) is 42.1 Å². The monoisotopic (exact) mass is 493 g/mol. The number of aromatic nitrogens is 4. The standard InChI is InChI=1S/C24H23N5O5S/c1-28-21-19(23(31)29(2)24(28)32)22(27-20(26-21)14-8-6-5-7-9-14)35-13-18(30)25-16-12-15(33-3)10-11-17(16)34-4/h5-12H,13H2,1-4H3,(H,25,30). The van der Waals surface area contributed by atoms with Crippen LogP contribution in [0.15, 0.2) is 63.1 Å². The lowest BCUT2D eigenvalue weighted by atomic mass is 10.2. The van der Waals surface area contributed by atoms with Crippen molar-refractivity contribution < 1.29 is 14.3 Å².